The summed E-state index contributed by atoms with van der Waals surface area (Å²) in [7, 11) is 4.17. The maximum Gasteiger partial charge on any atom is 0.323 e. The third-order valence-electron chi connectivity index (χ3n) is 5.19. The summed E-state index contributed by atoms with van der Waals surface area (Å²) in [4.78, 5) is 29.5. The van der Waals surface area contributed by atoms with Crippen molar-refractivity contribution in [1.82, 2.24) is 24.8 Å². The number of amides is 2. The Bertz CT molecular complexity index is 991. The highest BCUT2D eigenvalue weighted by Crippen LogP contribution is 2.24. The molecule has 1 aliphatic heterocycles. The number of hydrogen-bond acceptors (Lipinski definition) is 6. The highest BCUT2D eigenvalue weighted by atomic mass is 16.4. The Hall–Kier alpha value is -3.00. The van der Waals surface area contributed by atoms with Crippen LogP contribution in [-0.2, 0) is 0 Å². The van der Waals surface area contributed by atoms with Gasteiger partial charge >= 0.3 is 6.03 Å². The van der Waals surface area contributed by atoms with Crippen molar-refractivity contribution in [2.45, 2.75) is 25.8 Å². The summed E-state index contributed by atoms with van der Waals surface area (Å²) in [6, 6.07) is 4.22. The lowest BCUT2D eigenvalue weighted by molar-refractivity contribution is 0.156. The molecule has 2 amide bonds. The van der Waals surface area contributed by atoms with Crippen LogP contribution in [0.2, 0.25) is 0 Å². The summed E-state index contributed by atoms with van der Waals surface area (Å²) < 4.78 is 5.57. The van der Waals surface area contributed by atoms with E-state index in [1.807, 2.05) is 17.0 Å². The predicted molar refractivity (Wildman–Crippen MR) is 107 cm³/mol. The lowest BCUT2D eigenvalue weighted by atomic mass is 10.0. The van der Waals surface area contributed by atoms with Gasteiger partial charge in [-0.2, -0.15) is 0 Å². The third kappa shape index (κ3) is 3.82. The summed E-state index contributed by atoms with van der Waals surface area (Å²) in [6.07, 6.45) is 7.04. The lowest BCUT2D eigenvalue weighted by Crippen LogP contribution is -2.46. The molecule has 0 spiro atoms. The molecule has 8 nitrogen and oxygen atoms in total. The maximum atomic E-state index is 12.6. The van der Waals surface area contributed by atoms with Gasteiger partial charge in [-0.05, 0) is 39.1 Å². The van der Waals surface area contributed by atoms with Crippen LogP contribution in [0.1, 0.15) is 18.7 Å². The molecule has 1 aliphatic rings. The molecule has 0 bridgehead atoms. The van der Waals surface area contributed by atoms with Crippen molar-refractivity contribution in [2.24, 2.45) is 0 Å². The van der Waals surface area contributed by atoms with Gasteiger partial charge in [-0.3, -0.25) is 10.3 Å². The van der Waals surface area contributed by atoms with Crippen LogP contribution in [0.15, 0.2) is 35.1 Å². The van der Waals surface area contributed by atoms with Crippen LogP contribution in [0.5, 0.6) is 0 Å². The fourth-order valence-electron chi connectivity index (χ4n) is 3.50. The van der Waals surface area contributed by atoms with E-state index in [1.54, 1.807) is 25.5 Å². The van der Waals surface area contributed by atoms with Crippen LogP contribution >= 0.6 is 0 Å². The van der Waals surface area contributed by atoms with E-state index in [4.69, 9.17) is 4.42 Å². The first-order valence-electron chi connectivity index (χ1n) is 9.40. The number of anilines is 1. The number of likely N-dealkylation sites (tertiary alicyclic amines) is 1. The van der Waals surface area contributed by atoms with Crippen molar-refractivity contribution in [2.75, 3.05) is 32.5 Å². The van der Waals surface area contributed by atoms with E-state index in [-0.39, 0.29) is 6.03 Å². The molecule has 28 heavy (non-hydrogen) atoms. The number of carbonyl (C=O) groups is 1. The minimum Gasteiger partial charge on any atom is -0.441 e. The van der Waals surface area contributed by atoms with Gasteiger partial charge in [-0.15, -0.1) is 0 Å². The Labute approximate surface area is 163 Å². The van der Waals surface area contributed by atoms with Crippen molar-refractivity contribution >= 4 is 22.8 Å². The van der Waals surface area contributed by atoms with Gasteiger partial charge in [0.25, 0.3) is 0 Å². The van der Waals surface area contributed by atoms with E-state index >= 15 is 0 Å². The van der Waals surface area contributed by atoms with Crippen LogP contribution in [0, 0.1) is 6.92 Å². The Morgan fingerprint density at radius 2 is 1.93 bits per heavy atom. The van der Waals surface area contributed by atoms with Gasteiger partial charge in [-0.25, -0.2) is 14.8 Å². The normalized spacial score (nSPS) is 15.4. The number of piperidine rings is 1. The van der Waals surface area contributed by atoms with Gasteiger partial charge in [-0.1, -0.05) is 0 Å². The molecule has 3 aromatic heterocycles. The summed E-state index contributed by atoms with van der Waals surface area (Å²) in [5.41, 5.74) is 1.59. The van der Waals surface area contributed by atoms with Gasteiger partial charge in [0.15, 0.2) is 11.7 Å². The van der Waals surface area contributed by atoms with E-state index in [9.17, 15) is 4.79 Å². The molecule has 0 radical (unpaired) electrons. The second-order valence-electron chi connectivity index (χ2n) is 7.34. The molecule has 0 unspecified atom stereocenters. The number of carbonyl (C=O) groups excluding carboxylic acids is 1. The van der Waals surface area contributed by atoms with Crippen molar-refractivity contribution in [3.63, 3.8) is 0 Å². The molecule has 0 aliphatic carbocycles. The second kappa shape index (κ2) is 7.55. The first kappa shape index (κ1) is 18.4. The van der Waals surface area contributed by atoms with Crippen molar-refractivity contribution < 1.29 is 9.21 Å². The van der Waals surface area contributed by atoms with Crippen LogP contribution in [0.25, 0.3) is 22.2 Å². The molecule has 146 valence electrons. The fraction of sp³-hybridized carbons (Fsp3) is 0.400. The molecule has 1 N–H and O–H groups in total. The zero-order chi connectivity index (χ0) is 19.7. The van der Waals surface area contributed by atoms with E-state index in [0.29, 0.717) is 23.5 Å². The zero-order valence-electron chi connectivity index (χ0n) is 16.3. The number of fused-ring (bicyclic) bond motifs is 1. The molecule has 0 saturated carbocycles. The number of aryl methyl sites for hydroxylation is 1. The smallest absolute Gasteiger partial charge is 0.323 e. The molecule has 4 heterocycles. The van der Waals surface area contributed by atoms with E-state index < -0.39 is 0 Å². The second-order valence-corrected chi connectivity index (χ2v) is 7.34. The third-order valence-corrected chi connectivity index (χ3v) is 5.19. The van der Waals surface area contributed by atoms with Crippen LogP contribution in [0.3, 0.4) is 0 Å². The number of nitrogens with zero attached hydrogens (tertiary/aromatic N) is 5. The van der Waals surface area contributed by atoms with Crippen molar-refractivity contribution in [1.29, 1.82) is 0 Å². The average molecular weight is 380 g/mol. The Morgan fingerprint density at radius 1 is 1.14 bits per heavy atom. The minimum atomic E-state index is -0.112. The monoisotopic (exact) mass is 380 g/mol. The van der Waals surface area contributed by atoms with E-state index in [1.165, 1.54) is 0 Å². The molecule has 4 rings (SSSR count). The molecular formula is C20H24N6O2. The van der Waals surface area contributed by atoms with Crippen molar-refractivity contribution in [3.05, 3.63) is 36.6 Å². The van der Waals surface area contributed by atoms with Gasteiger partial charge in [0.1, 0.15) is 5.82 Å². The van der Waals surface area contributed by atoms with Crippen LogP contribution in [0.4, 0.5) is 10.6 Å². The SMILES string of the molecule is Cc1ncc(-c2cnc3cnc(NC(=O)N4CCC(N(C)C)CC4)cc3c2)o1. The van der Waals surface area contributed by atoms with Crippen LogP contribution in [-0.4, -0.2) is 64.0 Å². The Morgan fingerprint density at radius 3 is 2.61 bits per heavy atom. The summed E-state index contributed by atoms with van der Waals surface area (Å²) in [5, 5.41) is 3.79. The molecular weight excluding hydrogens is 356 g/mol. The predicted octanol–water partition coefficient (Wildman–Crippen LogP) is 3.15. The number of nitrogens with one attached hydrogen (secondary N) is 1. The Kier molecular flexibility index (Phi) is 4.95. The molecule has 0 atom stereocenters. The first-order chi connectivity index (χ1) is 13.5. The number of hydrogen-bond donors (Lipinski definition) is 1. The largest absolute Gasteiger partial charge is 0.441 e. The topological polar surface area (TPSA) is 87.4 Å². The maximum absolute atomic E-state index is 12.6. The first-order valence-corrected chi connectivity index (χ1v) is 9.40. The molecule has 1 fully saturated rings. The number of urea groups is 1. The number of rotatable bonds is 3. The fourth-order valence-corrected chi connectivity index (χ4v) is 3.50. The van der Waals surface area contributed by atoms with E-state index in [2.05, 4.69) is 39.3 Å². The molecule has 8 heteroatoms. The number of aromatic nitrogens is 3. The minimum absolute atomic E-state index is 0.112. The quantitative estimate of drug-likeness (QED) is 0.751. The number of pyridine rings is 2. The highest BCUT2D eigenvalue weighted by molar-refractivity contribution is 5.91. The average Bonchev–Trinajstić information content (AvgIpc) is 3.14. The van der Waals surface area contributed by atoms with E-state index in [0.717, 1.165) is 42.4 Å². The molecule has 1 saturated heterocycles. The molecule has 3 aromatic rings. The Balaban J connectivity index is 1.49. The van der Waals surface area contributed by atoms with Crippen LogP contribution < -0.4 is 5.32 Å². The lowest BCUT2D eigenvalue weighted by Gasteiger charge is -2.35. The zero-order valence-corrected chi connectivity index (χ0v) is 16.3. The van der Waals surface area contributed by atoms with Gasteiger partial charge < -0.3 is 14.2 Å². The number of oxazole rings is 1. The van der Waals surface area contributed by atoms with Gasteiger partial charge in [0.05, 0.1) is 17.9 Å². The summed E-state index contributed by atoms with van der Waals surface area (Å²) >= 11 is 0. The standard InChI is InChI=1S/C20H24N6O2/c1-13-21-12-18(28-13)15-8-14-9-19(23-11-17(14)22-10-15)24-20(27)26-6-4-16(5-7-26)25(2)3/h8-12,16H,4-7H2,1-3H3,(H,23,24,27). The van der Waals surface area contributed by atoms with Crippen molar-refractivity contribution in [3.8, 4) is 11.3 Å². The van der Waals surface area contributed by atoms with Gasteiger partial charge in [0.2, 0.25) is 0 Å². The summed E-state index contributed by atoms with van der Waals surface area (Å²) in [6.45, 7) is 3.30. The molecule has 0 aromatic carbocycles. The summed E-state index contributed by atoms with van der Waals surface area (Å²) in [5.74, 6) is 1.79. The van der Waals surface area contributed by atoms with Gasteiger partial charge in [0, 0.05) is 43.2 Å². The highest BCUT2D eigenvalue weighted by Gasteiger charge is 2.24.